The van der Waals surface area contributed by atoms with Crippen molar-refractivity contribution in [3.05, 3.63) is 16.1 Å². The number of ether oxygens (including phenoxy) is 1. The van der Waals surface area contributed by atoms with Gasteiger partial charge in [0.15, 0.2) is 12.4 Å². The molecule has 0 saturated carbocycles. The average molecular weight is 439 g/mol. The van der Waals surface area contributed by atoms with Crippen molar-refractivity contribution in [3.8, 4) is 0 Å². The van der Waals surface area contributed by atoms with Crippen molar-refractivity contribution in [1.82, 2.24) is 15.6 Å². The number of cyclic esters (lactones) is 1. The van der Waals surface area contributed by atoms with Gasteiger partial charge < -0.3 is 15.4 Å². The molecule has 4 bridgehead atoms. The Morgan fingerprint density at radius 3 is 2.79 bits per heavy atom. The van der Waals surface area contributed by atoms with E-state index < -0.39 is 35.5 Å². The molecule has 0 aliphatic carbocycles. The van der Waals surface area contributed by atoms with Crippen LogP contribution in [0.3, 0.4) is 0 Å². The predicted molar refractivity (Wildman–Crippen MR) is 109 cm³/mol. The molecule has 3 atom stereocenters. The highest BCUT2D eigenvalue weighted by molar-refractivity contribution is 8.14. The van der Waals surface area contributed by atoms with Crippen molar-refractivity contribution in [3.63, 3.8) is 0 Å². The summed E-state index contributed by atoms with van der Waals surface area (Å²) in [6.07, 6.45) is -1.12. The number of hydrogen-bond acceptors (Lipinski definition) is 9. The second kappa shape index (κ2) is 8.62. The van der Waals surface area contributed by atoms with Gasteiger partial charge in [0.05, 0.1) is 13.0 Å². The van der Waals surface area contributed by atoms with Gasteiger partial charge in [-0.05, 0) is 12.8 Å². The Balaban J connectivity index is 1.94. The smallest absolute Gasteiger partial charge is 0.329 e. The number of nitrogens with zero attached hydrogens (tertiary/aromatic N) is 2. The molecule has 9 nitrogen and oxygen atoms in total. The third-order valence-corrected chi connectivity index (χ3v) is 6.68. The monoisotopic (exact) mass is 438 g/mol. The molecule has 2 aliphatic rings. The van der Waals surface area contributed by atoms with E-state index in [9.17, 15) is 19.2 Å². The van der Waals surface area contributed by atoms with Crippen LogP contribution in [0.1, 0.15) is 37.9 Å². The van der Waals surface area contributed by atoms with Gasteiger partial charge in [-0.25, -0.2) is 9.78 Å². The summed E-state index contributed by atoms with van der Waals surface area (Å²) in [6, 6.07) is -0.965. The van der Waals surface area contributed by atoms with Gasteiger partial charge in [0.25, 0.3) is 0 Å². The van der Waals surface area contributed by atoms with Crippen LogP contribution in [0.4, 0.5) is 0 Å². The summed E-state index contributed by atoms with van der Waals surface area (Å²) >= 11 is 2.78. The van der Waals surface area contributed by atoms with Gasteiger partial charge >= 0.3 is 5.97 Å². The van der Waals surface area contributed by atoms with Gasteiger partial charge in [-0.3, -0.25) is 19.4 Å². The number of aromatic nitrogens is 1. The molecule has 3 rings (SSSR count). The molecule has 156 valence electrons. The van der Waals surface area contributed by atoms with Gasteiger partial charge in [0.2, 0.25) is 11.8 Å². The summed E-state index contributed by atoms with van der Waals surface area (Å²) in [5.41, 5.74) is -0.398. The van der Waals surface area contributed by atoms with E-state index in [0.717, 1.165) is 0 Å². The van der Waals surface area contributed by atoms with Crippen LogP contribution in [-0.2, 0) is 30.5 Å². The van der Waals surface area contributed by atoms with Crippen LogP contribution < -0.4 is 10.6 Å². The maximum absolute atomic E-state index is 12.9. The summed E-state index contributed by atoms with van der Waals surface area (Å²) in [6.45, 7) is 5.40. The highest BCUT2D eigenvalue weighted by Crippen LogP contribution is 2.32. The Hall–Kier alpha value is -2.27. The maximum Gasteiger partial charge on any atom is 0.329 e. The Bertz CT molecular complexity index is 868. The number of carbonyl (C=O) groups excluding carboxylic acids is 4. The Kier molecular flexibility index (Phi) is 6.37. The lowest BCUT2D eigenvalue weighted by Crippen LogP contribution is -2.53. The number of aliphatic imine (C=N–C) groups is 1. The lowest BCUT2D eigenvalue weighted by molar-refractivity contribution is -0.157. The molecular formula is C18H22N4O5S2. The number of thioether (sulfide) groups is 1. The normalized spacial score (nSPS) is 28.4. The van der Waals surface area contributed by atoms with E-state index in [4.69, 9.17) is 4.74 Å². The average Bonchev–Trinajstić information content (AvgIpc) is 3.30. The highest BCUT2D eigenvalue weighted by Gasteiger charge is 2.41. The molecule has 29 heavy (non-hydrogen) atoms. The zero-order chi connectivity index (χ0) is 21.2. The first-order valence-corrected chi connectivity index (χ1v) is 11.0. The van der Waals surface area contributed by atoms with Gasteiger partial charge in [0, 0.05) is 11.1 Å². The van der Waals surface area contributed by atoms with Crippen LogP contribution in [0.5, 0.6) is 0 Å². The molecule has 1 aromatic heterocycles. The standard InChI is InChI=1S/C18H22N4O5S2/c1-9(2)14-16(25)27-10(6-23)4-12(24)19-5-13-20-11(7-28-13)15-22-18(3,8-29-15)17(26)21-14/h6-7,9-10,14H,4-5,8H2,1-3H3,(H,19,24)(H,21,26)/t10-,14-,18-/m0/s1. The van der Waals surface area contributed by atoms with Crippen LogP contribution >= 0.6 is 23.1 Å². The first-order chi connectivity index (χ1) is 13.7. The van der Waals surface area contributed by atoms with Gasteiger partial charge in [-0.15, -0.1) is 23.1 Å². The topological polar surface area (TPSA) is 127 Å². The second-order valence-corrected chi connectivity index (χ2v) is 9.30. The van der Waals surface area contributed by atoms with Gasteiger partial charge in [0.1, 0.15) is 27.3 Å². The van der Waals surface area contributed by atoms with Crippen LogP contribution in [0.15, 0.2) is 10.4 Å². The van der Waals surface area contributed by atoms with Crippen molar-refractivity contribution < 1.29 is 23.9 Å². The first kappa shape index (κ1) is 21.4. The highest BCUT2D eigenvalue weighted by atomic mass is 32.2. The minimum absolute atomic E-state index is 0.188. The number of esters is 1. The number of fused-ring (bicyclic) bond motifs is 4. The van der Waals surface area contributed by atoms with Gasteiger partial charge in [-0.1, -0.05) is 13.8 Å². The van der Waals surface area contributed by atoms with Crippen molar-refractivity contribution in [2.75, 3.05) is 5.75 Å². The summed E-state index contributed by atoms with van der Waals surface area (Å²) in [5, 5.41) is 8.52. The Labute approximate surface area is 176 Å². The number of rotatable bonds is 2. The Morgan fingerprint density at radius 2 is 2.10 bits per heavy atom. The maximum atomic E-state index is 12.9. The lowest BCUT2D eigenvalue weighted by atomic mass is 10.0. The van der Waals surface area contributed by atoms with E-state index in [0.29, 0.717) is 27.8 Å². The van der Waals surface area contributed by atoms with Gasteiger partial charge in [-0.2, -0.15) is 0 Å². The molecule has 2 aliphatic heterocycles. The molecule has 3 heterocycles. The summed E-state index contributed by atoms with van der Waals surface area (Å²) in [7, 11) is 0. The van der Waals surface area contributed by atoms with Crippen LogP contribution in [0.25, 0.3) is 0 Å². The number of carbonyl (C=O) groups is 4. The van der Waals surface area contributed by atoms with E-state index >= 15 is 0 Å². The van der Waals surface area contributed by atoms with Crippen molar-refractivity contribution in [2.45, 2.75) is 51.4 Å². The molecule has 0 saturated heterocycles. The van der Waals surface area contributed by atoms with E-state index in [-0.39, 0.29) is 18.9 Å². The number of thiazole rings is 1. The minimum Gasteiger partial charge on any atom is -0.453 e. The second-order valence-electron chi connectivity index (χ2n) is 7.39. The molecule has 0 radical (unpaired) electrons. The zero-order valence-corrected chi connectivity index (χ0v) is 17.9. The number of nitrogens with one attached hydrogen (secondary N) is 2. The molecule has 0 fully saturated rings. The summed E-state index contributed by atoms with van der Waals surface area (Å²) < 4.78 is 5.20. The van der Waals surface area contributed by atoms with Crippen LogP contribution in [0.2, 0.25) is 0 Å². The summed E-state index contributed by atoms with van der Waals surface area (Å²) in [5.74, 6) is -1.47. The van der Waals surface area contributed by atoms with Crippen molar-refractivity contribution in [2.24, 2.45) is 10.9 Å². The third-order valence-electron chi connectivity index (χ3n) is 4.55. The van der Waals surface area contributed by atoms with Crippen molar-refractivity contribution >= 4 is 52.2 Å². The molecule has 0 spiro atoms. The molecule has 0 aromatic carbocycles. The van der Waals surface area contributed by atoms with E-state index in [2.05, 4.69) is 20.6 Å². The fourth-order valence-electron chi connectivity index (χ4n) is 2.80. The van der Waals surface area contributed by atoms with E-state index in [1.54, 1.807) is 20.8 Å². The Morgan fingerprint density at radius 1 is 1.34 bits per heavy atom. The quantitative estimate of drug-likeness (QED) is 0.513. The van der Waals surface area contributed by atoms with E-state index in [1.165, 1.54) is 23.1 Å². The van der Waals surface area contributed by atoms with Crippen LogP contribution in [-0.4, -0.2) is 57.5 Å². The minimum atomic E-state index is -1.23. The van der Waals surface area contributed by atoms with Crippen LogP contribution in [0, 0.1) is 5.92 Å². The lowest BCUT2D eigenvalue weighted by Gasteiger charge is -2.26. The molecular weight excluding hydrogens is 416 g/mol. The third kappa shape index (κ3) is 4.84. The van der Waals surface area contributed by atoms with E-state index in [1.807, 2.05) is 5.38 Å². The molecule has 11 heteroatoms. The molecule has 0 unspecified atom stereocenters. The van der Waals surface area contributed by atoms with Crippen molar-refractivity contribution in [1.29, 1.82) is 0 Å². The first-order valence-electron chi connectivity index (χ1n) is 9.12. The molecule has 2 N–H and O–H groups in total. The summed E-state index contributed by atoms with van der Waals surface area (Å²) in [4.78, 5) is 58.0. The fourth-order valence-corrected chi connectivity index (χ4v) is 4.72. The number of amides is 2. The zero-order valence-electron chi connectivity index (χ0n) is 16.3. The number of aldehydes is 1. The SMILES string of the molecule is CC(C)[C@@H]1NC(=O)[C@]2(C)CSC(=N2)c2csc(n2)CNC(=O)C[C@@H](C=O)OC1=O. The fraction of sp³-hybridized carbons (Fsp3) is 0.556. The molecule has 2 amide bonds. The molecule has 1 aromatic rings. The largest absolute Gasteiger partial charge is 0.453 e. The number of hydrogen-bond donors (Lipinski definition) is 2. The predicted octanol–water partition coefficient (Wildman–Crippen LogP) is 0.667.